The van der Waals surface area contributed by atoms with Crippen LogP contribution in [0, 0.1) is 0 Å². The van der Waals surface area contributed by atoms with E-state index in [2.05, 4.69) is 10.9 Å². The minimum atomic E-state index is -0.538. The minimum Gasteiger partial charge on any atom is -0.494 e. The van der Waals surface area contributed by atoms with Crippen LogP contribution in [-0.2, 0) is 4.79 Å². The Morgan fingerprint density at radius 2 is 1.19 bits per heavy atom. The number of nitrogens with one attached hydrogen (secondary N) is 2. The van der Waals surface area contributed by atoms with Crippen molar-refractivity contribution in [1.82, 2.24) is 10.9 Å². The summed E-state index contributed by atoms with van der Waals surface area (Å²) in [6.45, 7) is 8.87. The average Bonchev–Trinajstić information content (AvgIpc) is 2.79. The number of hydrogen-bond acceptors (Lipinski definition) is 7. The lowest BCUT2D eigenvalue weighted by atomic mass is 10.1. The molecule has 0 fully saturated rings. The maximum Gasteiger partial charge on any atom is 0.276 e. The van der Waals surface area contributed by atoms with E-state index in [-0.39, 0.29) is 12.2 Å². The van der Waals surface area contributed by atoms with Crippen LogP contribution < -0.4 is 34.5 Å². The van der Waals surface area contributed by atoms with E-state index in [1.165, 1.54) is 12.1 Å². The van der Waals surface area contributed by atoms with Gasteiger partial charge in [-0.2, -0.15) is 0 Å². The smallest absolute Gasteiger partial charge is 0.276 e. The van der Waals surface area contributed by atoms with Crippen molar-refractivity contribution in [1.29, 1.82) is 0 Å². The van der Waals surface area contributed by atoms with Crippen molar-refractivity contribution in [3.8, 4) is 28.7 Å². The zero-order chi connectivity index (χ0) is 23.3. The first-order valence-corrected chi connectivity index (χ1v) is 10.5. The van der Waals surface area contributed by atoms with E-state index in [1.807, 2.05) is 27.7 Å². The van der Waals surface area contributed by atoms with E-state index >= 15 is 0 Å². The fraction of sp³-hybridized carbons (Fsp3) is 0.391. The first-order chi connectivity index (χ1) is 15.5. The van der Waals surface area contributed by atoms with Crippen molar-refractivity contribution in [2.24, 2.45) is 0 Å². The molecule has 2 aromatic rings. The Morgan fingerprint density at radius 1 is 0.688 bits per heavy atom. The molecule has 0 unspecified atom stereocenters. The van der Waals surface area contributed by atoms with Crippen LogP contribution in [0.3, 0.4) is 0 Å². The van der Waals surface area contributed by atoms with Gasteiger partial charge in [0.25, 0.3) is 11.8 Å². The van der Waals surface area contributed by atoms with Crippen molar-refractivity contribution in [3.63, 3.8) is 0 Å². The molecule has 2 amide bonds. The monoisotopic (exact) mass is 446 g/mol. The molecule has 0 saturated heterocycles. The highest BCUT2D eigenvalue weighted by Crippen LogP contribution is 2.39. The number of benzene rings is 2. The van der Waals surface area contributed by atoms with Crippen LogP contribution in [0.4, 0.5) is 0 Å². The third kappa shape index (κ3) is 7.26. The van der Waals surface area contributed by atoms with Crippen LogP contribution in [0.2, 0.25) is 0 Å². The molecule has 2 aromatic carbocycles. The van der Waals surface area contributed by atoms with Gasteiger partial charge in [-0.1, -0.05) is 0 Å². The quantitative estimate of drug-likeness (QED) is 0.483. The van der Waals surface area contributed by atoms with Crippen LogP contribution in [0.15, 0.2) is 36.4 Å². The largest absolute Gasteiger partial charge is 0.494 e. The number of hydrazine groups is 1. The molecule has 0 heterocycles. The molecular formula is C23H30N2O7. The van der Waals surface area contributed by atoms with Gasteiger partial charge in [-0.3, -0.25) is 20.4 Å². The molecule has 0 aliphatic carbocycles. The topological polar surface area (TPSA) is 104 Å². The fourth-order valence-electron chi connectivity index (χ4n) is 2.70. The molecule has 0 radical (unpaired) electrons. The average molecular weight is 447 g/mol. The van der Waals surface area contributed by atoms with Crippen LogP contribution >= 0.6 is 0 Å². The molecular weight excluding hydrogens is 416 g/mol. The standard InChI is InChI=1S/C23H30N2O7/c1-5-28-17-9-11-18(12-10-17)32-15-21(26)24-25-23(27)16-13-19(29-6-2)22(31-8-4)20(14-16)30-7-3/h9-14H,5-8,15H2,1-4H3,(H,24,26)(H,25,27). The Balaban J connectivity index is 1.97. The summed E-state index contributed by atoms with van der Waals surface area (Å²) in [7, 11) is 0. The second-order valence-corrected chi connectivity index (χ2v) is 6.30. The van der Waals surface area contributed by atoms with Crippen molar-refractivity contribution in [3.05, 3.63) is 42.0 Å². The Labute approximate surface area is 187 Å². The molecule has 9 nitrogen and oxygen atoms in total. The molecule has 0 atom stereocenters. The lowest BCUT2D eigenvalue weighted by molar-refractivity contribution is -0.123. The Bertz CT molecular complexity index is 857. The van der Waals surface area contributed by atoms with Crippen molar-refractivity contribution in [2.75, 3.05) is 33.0 Å². The highest BCUT2D eigenvalue weighted by molar-refractivity contribution is 5.96. The van der Waals surface area contributed by atoms with Crippen molar-refractivity contribution in [2.45, 2.75) is 27.7 Å². The summed E-state index contributed by atoms with van der Waals surface area (Å²) in [6, 6.07) is 9.96. The van der Waals surface area contributed by atoms with E-state index in [0.29, 0.717) is 55.2 Å². The van der Waals surface area contributed by atoms with Crippen LogP contribution in [0.25, 0.3) is 0 Å². The normalized spacial score (nSPS) is 10.1. The van der Waals surface area contributed by atoms with Gasteiger partial charge in [0.15, 0.2) is 18.1 Å². The second kappa shape index (κ2) is 12.9. The molecule has 9 heteroatoms. The highest BCUT2D eigenvalue weighted by atomic mass is 16.5. The predicted octanol–water partition coefficient (Wildman–Crippen LogP) is 3.12. The molecule has 2 rings (SSSR count). The Kier molecular flexibility index (Phi) is 9.96. The third-order valence-corrected chi connectivity index (χ3v) is 3.99. The molecule has 2 N–H and O–H groups in total. The van der Waals surface area contributed by atoms with E-state index in [1.54, 1.807) is 24.3 Å². The number of hydrogen-bond donors (Lipinski definition) is 2. The SMILES string of the molecule is CCOc1ccc(OCC(=O)NNC(=O)c2cc(OCC)c(OCC)c(OCC)c2)cc1. The maximum atomic E-state index is 12.6. The van der Waals surface area contributed by atoms with Gasteiger partial charge in [0.1, 0.15) is 11.5 Å². The van der Waals surface area contributed by atoms with Gasteiger partial charge in [0, 0.05) is 5.56 Å². The number of amides is 2. The number of rotatable bonds is 12. The van der Waals surface area contributed by atoms with Crippen molar-refractivity contribution < 1.29 is 33.3 Å². The lowest BCUT2D eigenvalue weighted by Crippen LogP contribution is -2.43. The van der Waals surface area contributed by atoms with E-state index < -0.39 is 11.8 Å². The summed E-state index contributed by atoms with van der Waals surface area (Å²) in [5, 5.41) is 0. The Hall–Kier alpha value is -3.62. The summed E-state index contributed by atoms with van der Waals surface area (Å²) < 4.78 is 27.6. The molecule has 32 heavy (non-hydrogen) atoms. The number of carbonyl (C=O) groups is 2. The fourth-order valence-corrected chi connectivity index (χ4v) is 2.70. The van der Waals surface area contributed by atoms with Gasteiger partial charge in [0.05, 0.1) is 26.4 Å². The van der Waals surface area contributed by atoms with E-state index in [0.717, 1.165) is 0 Å². The summed E-state index contributed by atoms with van der Waals surface area (Å²) >= 11 is 0. The lowest BCUT2D eigenvalue weighted by Gasteiger charge is -2.17. The molecule has 0 spiro atoms. The molecule has 0 aromatic heterocycles. The van der Waals surface area contributed by atoms with E-state index in [4.69, 9.17) is 23.7 Å². The first kappa shape index (κ1) is 24.6. The van der Waals surface area contributed by atoms with Crippen LogP contribution in [-0.4, -0.2) is 44.8 Å². The van der Waals surface area contributed by atoms with Crippen LogP contribution in [0.1, 0.15) is 38.1 Å². The molecule has 0 aliphatic rings. The number of carbonyl (C=O) groups excluding carboxylic acids is 2. The molecule has 174 valence electrons. The van der Waals surface area contributed by atoms with Crippen molar-refractivity contribution >= 4 is 11.8 Å². The highest BCUT2D eigenvalue weighted by Gasteiger charge is 2.18. The van der Waals surface area contributed by atoms with Gasteiger partial charge in [-0.15, -0.1) is 0 Å². The maximum absolute atomic E-state index is 12.6. The second-order valence-electron chi connectivity index (χ2n) is 6.30. The third-order valence-electron chi connectivity index (χ3n) is 3.99. The van der Waals surface area contributed by atoms with Gasteiger partial charge in [0.2, 0.25) is 5.75 Å². The van der Waals surface area contributed by atoms with Gasteiger partial charge < -0.3 is 23.7 Å². The van der Waals surface area contributed by atoms with Gasteiger partial charge in [-0.05, 0) is 64.1 Å². The minimum absolute atomic E-state index is 0.244. The molecule has 0 saturated carbocycles. The van der Waals surface area contributed by atoms with Crippen LogP contribution in [0.5, 0.6) is 28.7 Å². The summed E-state index contributed by atoms with van der Waals surface area (Å²) in [6.07, 6.45) is 0. The number of ether oxygens (including phenoxy) is 5. The summed E-state index contributed by atoms with van der Waals surface area (Å²) in [5.74, 6) is 1.36. The van der Waals surface area contributed by atoms with Gasteiger partial charge >= 0.3 is 0 Å². The molecule has 0 bridgehead atoms. The first-order valence-electron chi connectivity index (χ1n) is 10.5. The summed E-state index contributed by atoms with van der Waals surface area (Å²) in [4.78, 5) is 24.6. The Morgan fingerprint density at radius 3 is 1.69 bits per heavy atom. The zero-order valence-electron chi connectivity index (χ0n) is 18.9. The van der Waals surface area contributed by atoms with Gasteiger partial charge in [-0.25, -0.2) is 0 Å². The zero-order valence-corrected chi connectivity index (χ0v) is 18.9. The molecule has 0 aliphatic heterocycles. The van der Waals surface area contributed by atoms with E-state index in [9.17, 15) is 9.59 Å². The predicted molar refractivity (Wildman–Crippen MR) is 119 cm³/mol. The summed E-state index contributed by atoms with van der Waals surface area (Å²) in [5.41, 5.74) is 4.93.